The highest BCUT2D eigenvalue weighted by Crippen LogP contribution is 2.35. The Morgan fingerprint density at radius 2 is 1.89 bits per heavy atom. The molecule has 2 aromatic heterocycles. The van der Waals surface area contributed by atoms with Gasteiger partial charge in [0.25, 0.3) is 0 Å². The zero-order valence-electron chi connectivity index (χ0n) is 15.4. The van der Waals surface area contributed by atoms with Gasteiger partial charge in [-0.05, 0) is 30.2 Å². The summed E-state index contributed by atoms with van der Waals surface area (Å²) in [6.45, 7) is 2.08. The first-order valence-corrected chi connectivity index (χ1v) is 8.60. The fourth-order valence-corrected chi connectivity index (χ4v) is 3.07. The quantitative estimate of drug-likeness (QED) is 0.592. The van der Waals surface area contributed by atoms with E-state index in [1.165, 1.54) is 5.56 Å². The smallest absolute Gasteiger partial charge is 0.182 e. The SMILES string of the molecule is CNc1nc(-c2cnccn2)nc2c(OC)cc(-c3cccc(C)c3)cc12. The van der Waals surface area contributed by atoms with Gasteiger partial charge in [-0.3, -0.25) is 4.98 Å². The summed E-state index contributed by atoms with van der Waals surface area (Å²) in [6, 6.07) is 12.4. The molecule has 0 fully saturated rings. The molecule has 6 nitrogen and oxygen atoms in total. The second-order valence-electron chi connectivity index (χ2n) is 6.18. The molecule has 27 heavy (non-hydrogen) atoms. The van der Waals surface area contributed by atoms with E-state index < -0.39 is 0 Å². The third kappa shape index (κ3) is 3.17. The Balaban J connectivity index is 1.98. The van der Waals surface area contributed by atoms with Crippen LogP contribution in [0.15, 0.2) is 55.0 Å². The Bertz CT molecular complexity index is 1110. The standard InChI is InChI=1S/C21H19N5O/c1-13-5-4-6-14(9-13)15-10-16-19(18(11-15)27-3)25-21(26-20(16)22-2)17-12-23-7-8-24-17/h4-12H,1-3H3,(H,22,25,26). The molecular formula is C21H19N5O. The van der Waals surface area contributed by atoms with E-state index in [-0.39, 0.29) is 0 Å². The molecule has 0 radical (unpaired) electrons. The van der Waals surface area contributed by atoms with E-state index in [9.17, 15) is 0 Å². The summed E-state index contributed by atoms with van der Waals surface area (Å²) in [5.41, 5.74) is 4.72. The van der Waals surface area contributed by atoms with E-state index in [0.717, 1.165) is 22.0 Å². The summed E-state index contributed by atoms with van der Waals surface area (Å²) >= 11 is 0. The highest BCUT2D eigenvalue weighted by molar-refractivity contribution is 5.97. The molecule has 0 amide bonds. The second kappa shape index (κ2) is 6.99. The van der Waals surface area contributed by atoms with Crippen molar-refractivity contribution in [3.05, 3.63) is 60.6 Å². The number of nitrogens with one attached hydrogen (secondary N) is 1. The third-order valence-corrected chi connectivity index (χ3v) is 4.37. The van der Waals surface area contributed by atoms with Crippen molar-refractivity contribution in [2.45, 2.75) is 6.92 Å². The van der Waals surface area contributed by atoms with Gasteiger partial charge in [-0.25, -0.2) is 15.0 Å². The number of anilines is 1. The molecule has 2 heterocycles. The molecule has 0 spiro atoms. The molecule has 0 aliphatic rings. The van der Waals surface area contributed by atoms with Crippen LogP contribution in [0.2, 0.25) is 0 Å². The Labute approximate surface area is 157 Å². The van der Waals surface area contributed by atoms with Crippen molar-refractivity contribution in [1.29, 1.82) is 0 Å². The molecule has 0 aliphatic heterocycles. The Hall–Kier alpha value is -3.54. The Morgan fingerprint density at radius 1 is 1.00 bits per heavy atom. The lowest BCUT2D eigenvalue weighted by Crippen LogP contribution is -2.01. The van der Waals surface area contributed by atoms with E-state index in [0.29, 0.717) is 23.1 Å². The molecule has 0 bridgehead atoms. The van der Waals surface area contributed by atoms with E-state index in [1.807, 2.05) is 19.2 Å². The van der Waals surface area contributed by atoms with Crippen molar-refractivity contribution in [1.82, 2.24) is 19.9 Å². The van der Waals surface area contributed by atoms with Crippen LogP contribution in [0.4, 0.5) is 5.82 Å². The summed E-state index contributed by atoms with van der Waals surface area (Å²) in [5.74, 6) is 1.91. The van der Waals surface area contributed by atoms with Crippen molar-refractivity contribution in [3.63, 3.8) is 0 Å². The number of hydrogen-bond acceptors (Lipinski definition) is 6. The zero-order chi connectivity index (χ0) is 18.8. The number of benzene rings is 2. The lowest BCUT2D eigenvalue weighted by molar-refractivity contribution is 0.419. The predicted octanol–water partition coefficient (Wildman–Crippen LogP) is 4.11. The van der Waals surface area contributed by atoms with E-state index in [2.05, 4.69) is 51.5 Å². The maximum atomic E-state index is 5.66. The maximum Gasteiger partial charge on any atom is 0.182 e. The van der Waals surface area contributed by atoms with Crippen molar-refractivity contribution in [2.75, 3.05) is 19.5 Å². The van der Waals surface area contributed by atoms with Crippen LogP contribution in [0.1, 0.15) is 5.56 Å². The number of ether oxygens (including phenoxy) is 1. The molecule has 0 saturated carbocycles. The second-order valence-corrected chi connectivity index (χ2v) is 6.18. The van der Waals surface area contributed by atoms with Crippen LogP contribution in [0, 0.1) is 6.92 Å². The Morgan fingerprint density at radius 3 is 2.59 bits per heavy atom. The maximum absolute atomic E-state index is 5.66. The number of hydrogen-bond donors (Lipinski definition) is 1. The van der Waals surface area contributed by atoms with Gasteiger partial charge in [-0.2, -0.15) is 0 Å². The number of rotatable bonds is 4. The summed E-state index contributed by atoms with van der Waals surface area (Å²) in [5, 5.41) is 4.06. The molecule has 4 aromatic rings. The van der Waals surface area contributed by atoms with Gasteiger partial charge in [0.05, 0.1) is 13.3 Å². The molecule has 0 aliphatic carbocycles. The van der Waals surface area contributed by atoms with Crippen LogP contribution < -0.4 is 10.1 Å². The average molecular weight is 357 g/mol. The fraction of sp³-hybridized carbons (Fsp3) is 0.143. The van der Waals surface area contributed by atoms with Gasteiger partial charge in [0, 0.05) is 24.8 Å². The Kier molecular flexibility index (Phi) is 4.38. The minimum absolute atomic E-state index is 0.501. The van der Waals surface area contributed by atoms with Crippen molar-refractivity contribution >= 4 is 16.7 Å². The van der Waals surface area contributed by atoms with Crippen molar-refractivity contribution in [3.8, 4) is 28.4 Å². The molecule has 4 rings (SSSR count). The van der Waals surface area contributed by atoms with Gasteiger partial charge in [0.2, 0.25) is 0 Å². The van der Waals surface area contributed by atoms with Gasteiger partial charge in [-0.1, -0.05) is 29.8 Å². The van der Waals surface area contributed by atoms with Gasteiger partial charge in [0.15, 0.2) is 5.82 Å². The molecule has 0 unspecified atom stereocenters. The summed E-state index contributed by atoms with van der Waals surface area (Å²) in [7, 11) is 3.49. The van der Waals surface area contributed by atoms with Gasteiger partial charge < -0.3 is 10.1 Å². The highest BCUT2D eigenvalue weighted by atomic mass is 16.5. The number of nitrogens with zero attached hydrogens (tertiary/aromatic N) is 4. The molecule has 2 aromatic carbocycles. The number of aromatic nitrogens is 4. The molecule has 134 valence electrons. The number of fused-ring (bicyclic) bond motifs is 1. The monoisotopic (exact) mass is 357 g/mol. The third-order valence-electron chi connectivity index (χ3n) is 4.37. The van der Waals surface area contributed by atoms with Crippen LogP contribution in [0.5, 0.6) is 5.75 Å². The van der Waals surface area contributed by atoms with Crippen molar-refractivity contribution < 1.29 is 4.74 Å². The summed E-state index contributed by atoms with van der Waals surface area (Å²) < 4.78 is 5.66. The van der Waals surface area contributed by atoms with Crippen LogP contribution in [0.3, 0.4) is 0 Å². The first kappa shape index (κ1) is 16.9. The summed E-state index contributed by atoms with van der Waals surface area (Å²) in [6.07, 6.45) is 4.90. The lowest BCUT2D eigenvalue weighted by atomic mass is 10.0. The van der Waals surface area contributed by atoms with Gasteiger partial charge >= 0.3 is 0 Å². The first-order chi connectivity index (χ1) is 13.2. The zero-order valence-corrected chi connectivity index (χ0v) is 15.4. The normalized spacial score (nSPS) is 10.8. The van der Waals surface area contributed by atoms with E-state index >= 15 is 0 Å². The predicted molar refractivity (Wildman–Crippen MR) is 107 cm³/mol. The molecule has 6 heteroatoms. The van der Waals surface area contributed by atoms with E-state index in [4.69, 9.17) is 9.72 Å². The summed E-state index contributed by atoms with van der Waals surface area (Å²) in [4.78, 5) is 17.7. The van der Waals surface area contributed by atoms with E-state index in [1.54, 1.807) is 25.7 Å². The van der Waals surface area contributed by atoms with Gasteiger partial charge in [0.1, 0.15) is 22.8 Å². The van der Waals surface area contributed by atoms with Crippen LogP contribution >= 0.6 is 0 Å². The molecule has 1 N–H and O–H groups in total. The first-order valence-electron chi connectivity index (χ1n) is 8.60. The van der Waals surface area contributed by atoms with Crippen LogP contribution in [-0.4, -0.2) is 34.1 Å². The number of methoxy groups -OCH3 is 1. The van der Waals surface area contributed by atoms with Crippen molar-refractivity contribution in [2.24, 2.45) is 0 Å². The highest BCUT2D eigenvalue weighted by Gasteiger charge is 2.15. The van der Waals surface area contributed by atoms with Crippen LogP contribution in [-0.2, 0) is 0 Å². The molecule has 0 saturated heterocycles. The lowest BCUT2D eigenvalue weighted by Gasteiger charge is -2.13. The average Bonchev–Trinajstić information content (AvgIpc) is 2.72. The fourth-order valence-electron chi connectivity index (χ4n) is 3.07. The topological polar surface area (TPSA) is 72.8 Å². The minimum atomic E-state index is 0.501. The largest absolute Gasteiger partial charge is 0.494 e. The molecular weight excluding hydrogens is 338 g/mol. The van der Waals surface area contributed by atoms with Gasteiger partial charge in [-0.15, -0.1) is 0 Å². The van der Waals surface area contributed by atoms with Crippen LogP contribution in [0.25, 0.3) is 33.5 Å². The minimum Gasteiger partial charge on any atom is -0.494 e. The molecule has 0 atom stereocenters. The number of aryl methyl sites for hydroxylation is 1.